The number of nitrogens with zero attached hydrogens (tertiary/aromatic N) is 4. The second-order valence-electron chi connectivity index (χ2n) is 4.81. The minimum atomic E-state index is 0.688. The fraction of sp³-hybridized carbons (Fsp3) is 0.462. The maximum Gasteiger partial charge on any atom is 0.156 e. The van der Waals surface area contributed by atoms with E-state index in [-0.39, 0.29) is 0 Å². The maximum atomic E-state index is 4.61. The third kappa shape index (κ3) is 2.26. The van der Waals surface area contributed by atoms with E-state index in [4.69, 9.17) is 0 Å². The van der Waals surface area contributed by atoms with E-state index in [1.54, 1.807) is 12.5 Å². The quantitative estimate of drug-likeness (QED) is 0.884. The summed E-state index contributed by atoms with van der Waals surface area (Å²) in [4.78, 5) is 13.2. The Morgan fingerprint density at radius 1 is 1.33 bits per heavy atom. The molecule has 0 spiro atoms. The van der Waals surface area contributed by atoms with Crippen molar-refractivity contribution >= 4 is 0 Å². The first-order chi connectivity index (χ1) is 8.74. The van der Waals surface area contributed by atoms with E-state index in [0.717, 1.165) is 29.4 Å². The van der Waals surface area contributed by atoms with Gasteiger partial charge in [-0.05, 0) is 26.7 Å². The summed E-state index contributed by atoms with van der Waals surface area (Å²) in [5.74, 6) is 0.836. The highest BCUT2D eigenvalue weighted by molar-refractivity contribution is 5.26. The Labute approximate surface area is 106 Å². The van der Waals surface area contributed by atoms with Crippen molar-refractivity contribution in [2.75, 3.05) is 0 Å². The smallest absolute Gasteiger partial charge is 0.156 e. The van der Waals surface area contributed by atoms with Gasteiger partial charge in [0.25, 0.3) is 0 Å². The summed E-state index contributed by atoms with van der Waals surface area (Å²) >= 11 is 0. The zero-order valence-electron chi connectivity index (χ0n) is 10.7. The number of aromatic nitrogens is 4. The van der Waals surface area contributed by atoms with Gasteiger partial charge in [0.1, 0.15) is 6.33 Å². The highest BCUT2D eigenvalue weighted by Gasteiger charge is 2.20. The molecule has 3 rings (SSSR count). The Balaban J connectivity index is 1.83. The number of imidazole rings is 1. The molecule has 2 aromatic rings. The summed E-state index contributed by atoms with van der Waals surface area (Å²) in [6.07, 6.45) is 7.96. The summed E-state index contributed by atoms with van der Waals surface area (Å²) in [5.41, 5.74) is 3.11. The van der Waals surface area contributed by atoms with Gasteiger partial charge in [0.2, 0.25) is 0 Å². The predicted molar refractivity (Wildman–Crippen MR) is 68.5 cm³/mol. The second kappa shape index (κ2) is 4.49. The molecule has 1 aliphatic rings. The molecule has 0 unspecified atom stereocenters. The topological polar surface area (TPSA) is 55.6 Å². The highest BCUT2D eigenvalue weighted by Crippen LogP contribution is 2.19. The molecule has 0 atom stereocenters. The molecule has 0 aromatic carbocycles. The van der Waals surface area contributed by atoms with Gasteiger partial charge in [-0.25, -0.2) is 9.97 Å². The van der Waals surface area contributed by atoms with Crippen molar-refractivity contribution < 1.29 is 0 Å². The number of hydrogen-bond acceptors (Lipinski definition) is 4. The van der Waals surface area contributed by atoms with Crippen molar-refractivity contribution in [3.05, 3.63) is 35.8 Å². The van der Waals surface area contributed by atoms with Crippen LogP contribution in [-0.4, -0.2) is 25.6 Å². The van der Waals surface area contributed by atoms with E-state index in [1.165, 1.54) is 12.8 Å². The van der Waals surface area contributed by atoms with Gasteiger partial charge in [0.05, 0.1) is 17.6 Å². The number of nitrogens with one attached hydrogen (secondary N) is 1. The monoisotopic (exact) mass is 243 g/mol. The lowest BCUT2D eigenvalue weighted by Crippen LogP contribution is -2.17. The summed E-state index contributed by atoms with van der Waals surface area (Å²) in [5, 5.41) is 3.44. The molecule has 5 heteroatoms. The number of hydrogen-bond donors (Lipinski definition) is 1. The molecule has 1 saturated carbocycles. The van der Waals surface area contributed by atoms with Crippen LogP contribution in [0.15, 0.2) is 18.7 Å². The number of rotatable bonds is 4. The van der Waals surface area contributed by atoms with Gasteiger partial charge in [-0.15, -0.1) is 0 Å². The molecule has 5 nitrogen and oxygen atoms in total. The third-order valence-corrected chi connectivity index (χ3v) is 3.32. The fourth-order valence-corrected chi connectivity index (χ4v) is 1.86. The minimum absolute atomic E-state index is 0.688. The van der Waals surface area contributed by atoms with Gasteiger partial charge < -0.3 is 5.32 Å². The Hall–Kier alpha value is -1.75. The van der Waals surface area contributed by atoms with E-state index in [1.807, 2.05) is 24.6 Å². The van der Waals surface area contributed by atoms with Crippen molar-refractivity contribution in [3.63, 3.8) is 0 Å². The summed E-state index contributed by atoms with van der Waals surface area (Å²) in [6, 6.07) is 0.688. The van der Waals surface area contributed by atoms with Gasteiger partial charge in [-0.1, -0.05) is 0 Å². The number of aryl methyl sites for hydroxylation is 1. The Morgan fingerprint density at radius 3 is 2.83 bits per heavy atom. The van der Waals surface area contributed by atoms with Crippen LogP contribution in [0, 0.1) is 13.8 Å². The first-order valence-electron chi connectivity index (χ1n) is 6.29. The van der Waals surface area contributed by atoms with Crippen molar-refractivity contribution in [2.45, 2.75) is 39.3 Å². The van der Waals surface area contributed by atoms with Crippen molar-refractivity contribution in [1.82, 2.24) is 24.8 Å². The molecule has 0 radical (unpaired) electrons. The summed E-state index contributed by atoms with van der Waals surface area (Å²) < 4.78 is 1.98. The molecule has 1 fully saturated rings. The highest BCUT2D eigenvalue weighted by atomic mass is 15.1. The standard InChI is InChI=1S/C13H17N5/c1-9-10(2)18(8-16-9)13-7-14-5-12(17-13)6-15-11-3-4-11/h5,7-8,11,15H,3-4,6H2,1-2H3. The van der Waals surface area contributed by atoms with Crippen LogP contribution < -0.4 is 5.32 Å². The molecular weight excluding hydrogens is 226 g/mol. The predicted octanol–water partition coefficient (Wildman–Crippen LogP) is 1.53. The van der Waals surface area contributed by atoms with Gasteiger partial charge in [0, 0.05) is 24.5 Å². The first-order valence-corrected chi connectivity index (χ1v) is 6.29. The van der Waals surface area contributed by atoms with Gasteiger partial charge in [-0.2, -0.15) is 0 Å². The van der Waals surface area contributed by atoms with Crippen molar-refractivity contribution in [2.24, 2.45) is 0 Å². The molecule has 2 aromatic heterocycles. The minimum Gasteiger partial charge on any atom is -0.308 e. The fourth-order valence-electron chi connectivity index (χ4n) is 1.86. The molecule has 94 valence electrons. The lowest BCUT2D eigenvalue weighted by atomic mass is 10.4. The lowest BCUT2D eigenvalue weighted by Gasteiger charge is -2.07. The van der Waals surface area contributed by atoms with E-state index in [2.05, 4.69) is 20.3 Å². The molecule has 1 N–H and O–H groups in total. The van der Waals surface area contributed by atoms with Crippen LogP contribution in [0.1, 0.15) is 29.9 Å². The van der Waals surface area contributed by atoms with Crippen molar-refractivity contribution in [3.8, 4) is 5.82 Å². The van der Waals surface area contributed by atoms with Crippen LogP contribution in [0.25, 0.3) is 5.82 Å². The Kier molecular flexibility index (Phi) is 2.83. The van der Waals surface area contributed by atoms with Crippen LogP contribution in [0.4, 0.5) is 0 Å². The van der Waals surface area contributed by atoms with Crippen LogP contribution in [0.2, 0.25) is 0 Å². The van der Waals surface area contributed by atoms with E-state index < -0.39 is 0 Å². The van der Waals surface area contributed by atoms with Crippen LogP contribution in [0.3, 0.4) is 0 Å². The molecule has 0 amide bonds. The lowest BCUT2D eigenvalue weighted by molar-refractivity contribution is 0.669. The second-order valence-corrected chi connectivity index (χ2v) is 4.81. The van der Waals surface area contributed by atoms with E-state index >= 15 is 0 Å². The first kappa shape index (κ1) is 11.3. The molecule has 2 heterocycles. The van der Waals surface area contributed by atoms with Gasteiger partial charge >= 0.3 is 0 Å². The molecule has 0 aliphatic heterocycles. The van der Waals surface area contributed by atoms with Gasteiger partial charge in [-0.3, -0.25) is 9.55 Å². The average molecular weight is 243 g/mol. The third-order valence-electron chi connectivity index (χ3n) is 3.32. The van der Waals surface area contributed by atoms with Gasteiger partial charge in [0.15, 0.2) is 5.82 Å². The van der Waals surface area contributed by atoms with Crippen molar-refractivity contribution in [1.29, 1.82) is 0 Å². The largest absolute Gasteiger partial charge is 0.308 e. The maximum absolute atomic E-state index is 4.61. The average Bonchev–Trinajstić information content (AvgIpc) is 3.15. The van der Waals surface area contributed by atoms with E-state index in [0.29, 0.717) is 6.04 Å². The Bertz CT molecular complexity index is 556. The van der Waals surface area contributed by atoms with E-state index in [9.17, 15) is 0 Å². The molecule has 1 aliphatic carbocycles. The molecule has 0 saturated heterocycles. The SMILES string of the molecule is Cc1ncn(-c2cncc(CNC3CC3)n2)c1C. The van der Waals surface area contributed by atoms with Crippen LogP contribution in [-0.2, 0) is 6.54 Å². The van der Waals surface area contributed by atoms with Crippen LogP contribution in [0.5, 0.6) is 0 Å². The zero-order chi connectivity index (χ0) is 12.5. The Morgan fingerprint density at radius 2 is 2.17 bits per heavy atom. The zero-order valence-corrected chi connectivity index (χ0v) is 10.7. The summed E-state index contributed by atoms with van der Waals surface area (Å²) in [6.45, 7) is 4.83. The normalized spacial score (nSPS) is 15.0. The van der Waals surface area contributed by atoms with Crippen LogP contribution >= 0.6 is 0 Å². The molecule has 0 bridgehead atoms. The molecule has 18 heavy (non-hydrogen) atoms. The summed E-state index contributed by atoms with van der Waals surface area (Å²) in [7, 11) is 0. The molecular formula is C13H17N5.